The van der Waals surface area contributed by atoms with Crippen molar-refractivity contribution in [2.75, 3.05) is 32.0 Å². The molecule has 7 nitrogen and oxygen atoms in total. The van der Waals surface area contributed by atoms with E-state index in [1.165, 1.54) is 0 Å². The first kappa shape index (κ1) is 22.0. The minimum absolute atomic E-state index is 0.0493. The number of nitrogens with zero attached hydrogens (tertiary/aromatic N) is 2. The SMILES string of the molecule is CN(C(=O)Cc1ccc2c(c1)NC(=O)C2)C(CN1CC[C@@H](F)C1)c1cccc(C(N)=O)c1. The third-order valence-electron chi connectivity index (χ3n) is 6.22. The van der Waals surface area contributed by atoms with E-state index in [2.05, 4.69) is 5.32 Å². The van der Waals surface area contributed by atoms with E-state index in [9.17, 15) is 18.8 Å². The van der Waals surface area contributed by atoms with Crippen LogP contribution in [0.15, 0.2) is 42.5 Å². The molecule has 0 saturated carbocycles. The summed E-state index contributed by atoms with van der Waals surface area (Å²) in [4.78, 5) is 40.1. The summed E-state index contributed by atoms with van der Waals surface area (Å²) in [7, 11) is 1.72. The summed E-state index contributed by atoms with van der Waals surface area (Å²) in [5.41, 5.74) is 9.07. The molecular weight excluding hydrogens is 411 g/mol. The van der Waals surface area contributed by atoms with E-state index in [0.717, 1.165) is 22.4 Å². The Bertz CT molecular complexity index is 1060. The van der Waals surface area contributed by atoms with Gasteiger partial charge in [0.1, 0.15) is 6.17 Å². The Morgan fingerprint density at radius 1 is 1.28 bits per heavy atom. The van der Waals surface area contributed by atoms with Gasteiger partial charge in [-0.15, -0.1) is 0 Å². The molecule has 1 saturated heterocycles. The molecule has 0 spiro atoms. The second-order valence-electron chi connectivity index (χ2n) is 8.55. The van der Waals surface area contributed by atoms with Crippen LogP contribution in [0.25, 0.3) is 0 Å². The number of alkyl halides is 1. The zero-order chi connectivity index (χ0) is 22.8. The smallest absolute Gasteiger partial charge is 0.248 e. The van der Waals surface area contributed by atoms with E-state index in [0.29, 0.717) is 38.0 Å². The van der Waals surface area contributed by atoms with Gasteiger partial charge < -0.3 is 16.0 Å². The number of nitrogens with two attached hydrogens (primary N) is 1. The number of anilines is 1. The predicted octanol–water partition coefficient (Wildman–Crippen LogP) is 2.07. The van der Waals surface area contributed by atoms with Crippen molar-refractivity contribution in [1.29, 1.82) is 0 Å². The lowest BCUT2D eigenvalue weighted by Crippen LogP contribution is -2.39. The summed E-state index contributed by atoms with van der Waals surface area (Å²) in [6.45, 7) is 1.42. The molecule has 0 aliphatic carbocycles. The fourth-order valence-corrected chi connectivity index (χ4v) is 4.39. The quantitative estimate of drug-likeness (QED) is 0.692. The molecule has 3 amide bonds. The van der Waals surface area contributed by atoms with Crippen LogP contribution in [0.1, 0.15) is 39.5 Å². The average molecular weight is 439 g/mol. The maximum Gasteiger partial charge on any atom is 0.248 e. The molecule has 2 atom stereocenters. The predicted molar refractivity (Wildman–Crippen MR) is 119 cm³/mol. The first-order valence-electron chi connectivity index (χ1n) is 10.7. The molecule has 8 heteroatoms. The maximum atomic E-state index is 13.8. The van der Waals surface area contributed by atoms with Gasteiger partial charge in [-0.1, -0.05) is 24.3 Å². The van der Waals surface area contributed by atoms with Crippen molar-refractivity contribution in [2.45, 2.75) is 31.5 Å². The van der Waals surface area contributed by atoms with Crippen molar-refractivity contribution in [2.24, 2.45) is 5.73 Å². The summed E-state index contributed by atoms with van der Waals surface area (Å²) in [5.74, 6) is -0.698. The highest BCUT2D eigenvalue weighted by Gasteiger charge is 2.29. The minimum atomic E-state index is -0.866. The second-order valence-corrected chi connectivity index (χ2v) is 8.55. The van der Waals surface area contributed by atoms with Crippen LogP contribution in [0.5, 0.6) is 0 Å². The van der Waals surface area contributed by atoms with Crippen molar-refractivity contribution in [3.63, 3.8) is 0 Å². The first-order valence-corrected chi connectivity index (χ1v) is 10.7. The van der Waals surface area contributed by atoms with Crippen molar-refractivity contribution in [1.82, 2.24) is 9.80 Å². The monoisotopic (exact) mass is 438 g/mol. The molecule has 2 heterocycles. The van der Waals surface area contributed by atoms with Gasteiger partial charge in [0, 0.05) is 37.9 Å². The van der Waals surface area contributed by atoms with E-state index in [-0.39, 0.29) is 24.3 Å². The molecule has 0 radical (unpaired) electrons. The zero-order valence-electron chi connectivity index (χ0n) is 18.0. The Kier molecular flexibility index (Phi) is 6.23. The average Bonchev–Trinajstić information content (AvgIpc) is 3.35. The molecule has 2 aliphatic rings. The number of amides is 3. The van der Waals surface area contributed by atoms with Crippen LogP contribution in [0.3, 0.4) is 0 Å². The summed E-state index contributed by atoms with van der Waals surface area (Å²) in [5, 5.41) is 2.81. The van der Waals surface area contributed by atoms with Gasteiger partial charge >= 0.3 is 0 Å². The minimum Gasteiger partial charge on any atom is -0.366 e. The van der Waals surface area contributed by atoms with Crippen molar-refractivity contribution in [3.8, 4) is 0 Å². The van der Waals surface area contributed by atoms with Crippen LogP contribution in [-0.2, 0) is 22.4 Å². The Balaban J connectivity index is 1.55. The highest BCUT2D eigenvalue weighted by Crippen LogP contribution is 2.27. The molecule has 32 heavy (non-hydrogen) atoms. The van der Waals surface area contributed by atoms with Gasteiger partial charge in [-0.05, 0) is 41.3 Å². The van der Waals surface area contributed by atoms with Gasteiger partial charge in [0.25, 0.3) is 0 Å². The molecular formula is C24H27FN4O3. The van der Waals surface area contributed by atoms with E-state index < -0.39 is 12.1 Å². The number of likely N-dealkylation sites (N-methyl/N-ethyl adjacent to an activating group) is 1. The maximum absolute atomic E-state index is 13.8. The Morgan fingerprint density at radius 3 is 2.81 bits per heavy atom. The van der Waals surface area contributed by atoms with Gasteiger partial charge in [0.15, 0.2) is 0 Å². The first-order chi connectivity index (χ1) is 15.3. The zero-order valence-corrected chi connectivity index (χ0v) is 18.0. The summed E-state index contributed by atoms with van der Waals surface area (Å²) < 4.78 is 13.8. The number of carbonyl (C=O) groups is 3. The number of likely N-dealkylation sites (tertiary alicyclic amines) is 1. The van der Waals surface area contributed by atoms with Crippen molar-refractivity contribution < 1.29 is 18.8 Å². The molecule has 168 valence electrons. The number of fused-ring (bicyclic) bond motifs is 1. The molecule has 3 N–H and O–H groups in total. The van der Waals surface area contributed by atoms with Crippen LogP contribution < -0.4 is 11.1 Å². The summed E-state index contributed by atoms with van der Waals surface area (Å²) in [6.07, 6.45) is 0.132. The van der Waals surface area contributed by atoms with Crippen LogP contribution in [-0.4, -0.2) is 60.4 Å². The van der Waals surface area contributed by atoms with Crippen molar-refractivity contribution in [3.05, 3.63) is 64.7 Å². The lowest BCUT2D eigenvalue weighted by atomic mass is 10.0. The van der Waals surface area contributed by atoms with Crippen molar-refractivity contribution >= 4 is 23.4 Å². The second kappa shape index (κ2) is 9.08. The fraction of sp³-hybridized carbons (Fsp3) is 0.375. The number of hydrogen-bond acceptors (Lipinski definition) is 4. The number of halogens is 1. The van der Waals surface area contributed by atoms with Gasteiger partial charge in [0.2, 0.25) is 17.7 Å². The molecule has 2 aromatic carbocycles. The Morgan fingerprint density at radius 2 is 2.09 bits per heavy atom. The fourth-order valence-electron chi connectivity index (χ4n) is 4.39. The summed E-state index contributed by atoms with van der Waals surface area (Å²) >= 11 is 0. The Labute approximate surface area is 186 Å². The number of primary amides is 1. The molecule has 4 rings (SSSR count). The van der Waals surface area contributed by atoms with Gasteiger partial charge in [-0.25, -0.2) is 4.39 Å². The molecule has 0 aromatic heterocycles. The third-order valence-corrected chi connectivity index (χ3v) is 6.22. The lowest BCUT2D eigenvalue weighted by molar-refractivity contribution is -0.131. The third kappa shape index (κ3) is 4.80. The van der Waals surface area contributed by atoms with E-state index in [1.54, 1.807) is 30.1 Å². The number of benzene rings is 2. The summed E-state index contributed by atoms with van der Waals surface area (Å²) in [6, 6.07) is 12.1. The Hall–Kier alpha value is -3.26. The molecule has 2 aromatic rings. The van der Waals surface area contributed by atoms with E-state index in [1.807, 2.05) is 29.2 Å². The highest BCUT2D eigenvalue weighted by atomic mass is 19.1. The topological polar surface area (TPSA) is 95.7 Å². The standard InChI is InChI=1S/C24H27FN4O3/c1-28(23(31)10-15-5-6-16-12-22(30)27-20(16)9-15)21(14-29-8-7-19(25)13-29)17-3-2-4-18(11-17)24(26)32/h2-6,9,11,19,21H,7-8,10,12-14H2,1H3,(H2,26,32)(H,27,30)/t19-,21?/m1/s1. The molecule has 1 fully saturated rings. The van der Waals surface area contributed by atoms with Gasteiger partial charge in [-0.2, -0.15) is 0 Å². The van der Waals surface area contributed by atoms with Crippen LogP contribution in [0.2, 0.25) is 0 Å². The highest BCUT2D eigenvalue weighted by molar-refractivity contribution is 5.99. The van der Waals surface area contributed by atoms with Gasteiger partial charge in [0.05, 0.1) is 18.9 Å². The largest absolute Gasteiger partial charge is 0.366 e. The lowest BCUT2D eigenvalue weighted by Gasteiger charge is -2.32. The van der Waals surface area contributed by atoms with Crippen LogP contribution in [0, 0.1) is 0 Å². The number of rotatable bonds is 7. The normalized spacial score (nSPS) is 18.8. The van der Waals surface area contributed by atoms with Crippen LogP contribution >= 0.6 is 0 Å². The number of hydrogen-bond donors (Lipinski definition) is 2. The number of nitrogens with one attached hydrogen (secondary N) is 1. The molecule has 1 unspecified atom stereocenters. The van der Waals surface area contributed by atoms with Crippen LogP contribution in [0.4, 0.5) is 10.1 Å². The van der Waals surface area contributed by atoms with E-state index >= 15 is 0 Å². The molecule has 0 bridgehead atoms. The number of carbonyl (C=O) groups excluding carboxylic acids is 3. The van der Waals surface area contributed by atoms with E-state index in [4.69, 9.17) is 5.73 Å². The molecule has 2 aliphatic heterocycles. The van der Waals surface area contributed by atoms with Gasteiger partial charge in [-0.3, -0.25) is 19.3 Å².